The van der Waals surface area contributed by atoms with Crippen LogP contribution in [0.1, 0.15) is 23.5 Å². The lowest BCUT2D eigenvalue weighted by Crippen LogP contribution is -2.05. The van der Waals surface area contributed by atoms with Gasteiger partial charge in [-0.15, -0.1) is 0 Å². The van der Waals surface area contributed by atoms with Crippen LogP contribution in [0.25, 0.3) is 10.9 Å². The number of carbonyl (C=O) groups is 1. The number of aromatic nitrogens is 1. The van der Waals surface area contributed by atoms with Crippen LogP contribution in [-0.4, -0.2) is 17.6 Å². The summed E-state index contributed by atoms with van der Waals surface area (Å²) >= 11 is 0. The molecule has 0 unspecified atom stereocenters. The van der Waals surface area contributed by atoms with E-state index in [4.69, 9.17) is 10.00 Å². The van der Waals surface area contributed by atoms with Gasteiger partial charge in [0.05, 0.1) is 24.2 Å². The van der Waals surface area contributed by atoms with Crippen LogP contribution in [0.2, 0.25) is 0 Å². The Morgan fingerprint density at radius 2 is 2.35 bits per heavy atom. The predicted octanol–water partition coefficient (Wildman–Crippen LogP) is 2.07. The Balaban J connectivity index is 2.24. The van der Waals surface area contributed by atoms with Gasteiger partial charge in [-0.25, -0.2) is 0 Å². The Morgan fingerprint density at radius 1 is 1.47 bits per heavy atom. The van der Waals surface area contributed by atoms with E-state index in [1.54, 1.807) is 6.07 Å². The van der Waals surface area contributed by atoms with Crippen molar-refractivity contribution in [3.05, 3.63) is 35.5 Å². The summed E-state index contributed by atoms with van der Waals surface area (Å²) in [6, 6.07) is 7.66. The van der Waals surface area contributed by atoms with E-state index >= 15 is 0 Å². The summed E-state index contributed by atoms with van der Waals surface area (Å²) in [5, 5.41) is 9.95. The van der Waals surface area contributed by atoms with Crippen LogP contribution in [0, 0.1) is 11.3 Å². The molecule has 0 bridgehead atoms. The molecule has 2 aromatic rings. The van der Waals surface area contributed by atoms with Crippen molar-refractivity contribution in [1.29, 1.82) is 5.26 Å². The van der Waals surface area contributed by atoms with Gasteiger partial charge < -0.3 is 9.72 Å². The molecule has 1 aromatic carbocycles. The maximum atomic E-state index is 11.6. The molecule has 17 heavy (non-hydrogen) atoms. The maximum absolute atomic E-state index is 11.6. The Morgan fingerprint density at radius 3 is 3.06 bits per heavy atom. The lowest BCUT2D eigenvalue weighted by atomic mass is 9.95. The third kappa shape index (κ3) is 1.40. The number of nitrogens with zero attached hydrogens (tertiary/aromatic N) is 1. The zero-order valence-electron chi connectivity index (χ0n) is 9.06. The minimum Gasteiger partial charge on any atom is -0.465 e. The zero-order valence-corrected chi connectivity index (χ0v) is 9.06. The number of hydrogen-bond acceptors (Lipinski definition) is 3. The molecule has 3 rings (SSSR count). The lowest BCUT2D eigenvalue weighted by Gasteiger charge is -2.04. The number of carbonyl (C=O) groups excluding carboxylic acids is 1. The van der Waals surface area contributed by atoms with Gasteiger partial charge in [0.15, 0.2) is 0 Å². The summed E-state index contributed by atoms with van der Waals surface area (Å²) in [4.78, 5) is 14.7. The molecule has 0 saturated carbocycles. The van der Waals surface area contributed by atoms with E-state index in [-0.39, 0.29) is 11.9 Å². The SMILES string of the molecule is N#Cc1cccc2[nH]cc([C@H]3CCOC3=O)c12. The van der Waals surface area contributed by atoms with Crippen LogP contribution in [0.5, 0.6) is 0 Å². The Hall–Kier alpha value is -2.28. The number of benzene rings is 1. The Bertz CT molecular complexity index is 636. The number of ether oxygens (including phenoxy) is 1. The minimum absolute atomic E-state index is 0.196. The van der Waals surface area contributed by atoms with Crippen molar-refractivity contribution in [1.82, 2.24) is 4.98 Å². The first-order valence-electron chi connectivity index (χ1n) is 5.48. The number of fused-ring (bicyclic) bond motifs is 1. The van der Waals surface area contributed by atoms with Gasteiger partial charge in [-0.2, -0.15) is 5.26 Å². The average molecular weight is 226 g/mol. The second kappa shape index (κ2) is 3.63. The molecule has 1 saturated heterocycles. The highest BCUT2D eigenvalue weighted by molar-refractivity contribution is 5.94. The number of esters is 1. The highest BCUT2D eigenvalue weighted by Gasteiger charge is 2.30. The van der Waals surface area contributed by atoms with E-state index in [0.29, 0.717) is 18.6 Å². The van der Waals surface area contributed by atoms with Crippen molar-refractivity contribution in [3.8, 4) is 6.07 Å². The fourth-order valence-electron chi connectivity index (χ4n) is 2.36. The molecule has 4 nitrogen and oxygen atoms in total. The van der Waals surface area contributed by atoms with Crippen LogP contribution < -0.4 is 0 Å². The van der Waals surface area contributed by atoms with E-state index in [1.165, 1.54) is 0 Å². The summed E-state index contributed by atoms with van der Waals surface area (Å²) in [6.07, 6.45) is 2.49. The predicted molar refractivity (Wildman–Crippen MR) is 61.3 cm³/mol. The van der Waals surface area contributed by atoms with E-state index < -0.39 is 0 Å². The first-order valence-corrected chi connectivity index (χ1v) is 5.48. The molecule has 84 valence electrons. The van der Waals surface area contributed by atoms with Crippen molar-refractivity contribution in [2.45, 2.75) is 12.3 Å². The van der Waals surface area contributed by atoms with Gasteiger partial charge in [0.2, 0.25) is 0 Å². The Kier molecular flexibility index (Phi) is 2.12. The second-order valence-corrected chi connectivity index (χ2v) is 4.09. The fourth-order valence-corrected chi connectivity index (χ4v) is 2.36. The van der Waals surface area contributed by atoms with Gasteiger partial charge in [0, 0.05) is 17.1 Å². The smallest absolute Gasteiger partial charge is 0.313 e. The second-order valence-electron chi connectivity index (χ2n) is 4.09. The summed E-state index contributed by atoms with van der Waals surface area (Å²) in [5.41, 5.74) is 2.36. The molecule has 2 heterocycles. The van der Waals surface area contributed by atoms with Gasteiger partial charge in [0.1, 0.15) is 0 Å². The maximum Gasteiger partial charge on any atom is 0.313 e. The molecule has 1 atom stereocenters. The van der Waals surface area contributed by atoms with Gasteiger partial charge in [-0.05, 0) is 24.1 Å². The molecule has 1 N–H and O–H groups in total. The van der Waals surface area contributed by atoms with Crippen LogP contribution in [0.4, 0.5) is 0 Å². The van der Waals surface area contributed by atoms with Crippen molar-refractivity contribution in [2.24, 2.45) is 0 Å². The van der Waals surface area contributed by atoms with E-state index in [0.717, 1.165) is 16.5 Å². The van der Waals surface area contributed by atoms with Gasteiger partial charge in [-0.3, -0.25) is 4.79 Å². The normalized spacial score (nSPS) is 19.2. The summed E-state index contributed by atoms with van der Waals surface area (Å²) in [7, 11) is 0. The van der Waals surface area contributed by atoms with Gasteiger partial charge >= 0.3 is 5.97 Å². The molecular weight excluding hydrogens is 216 g/mol. The van der Waals surface area contributed by atoms with Crippen LogP contribution in [-0.2, 0) is 9.53 Å². The minimum atomic E-state index is -0.238. The van der Waals surface area contributed by atoms with E-state index in [2.05, 4.69) is 11.1 Å². The molecule has 0 aliphatic carbocycles. The van der Waals surface area contributed by atoms with E-state index in [9.17, 15) is 4.79 Å². The van der Waals surface area contributed by atoms with Gasteiger partial charge in [0.25, 0.3) is 0 Å². The number of hydrogen-bond donors (Lipinski definition) is 1. The topological polar surface area (TPSA) is 65.9 Å². The molecule has 0 radical (unpaired) electrons. The number of cyclic esters (lactones) is 1. The molecule has 1 aliphatic heterocycles. The largest absolute Gasteiger partial charge is 0.465 e. The highest BCUT2D eigenvalue weighted by Crippen LogP contribution is 2.33. The third-order valence-corrected chi connectivity index (χ3v) is 3.17. The van der Waals surface area contributed by atoms with Crippen LogP contribution >= 0.6 is 0 Å². The quantitative estimate of drug-likeness (QED) is 0.757. The molecule has 0 amide bonds. The summed E-state index contributed by atoms with van der Waals surface area (Å²) < 4.78 is 4.98. The van der Waals surface area contributed by atoms with Gasteiger partial charge in [-0.1, -0.05) is 6.07 Å². The standard InChI is InChI=1S/C13H10N2O2/c14-6-8-2-1-3-11-12(8)10(7-15-11)9-4-5-17-13(9)16/h1-3,7,9,15H,4-5H2/t9-/m1/s1. The molecule has 4 heteroatoms. The Labute approximate surface area is 97.8 Å². The van der Waals surface area contributed by atoms with Crippen LogP contribution in [0.15, 0.2) is 24.4 Å². The molecule has 1 aliphatic rings. The van der Waals surface area contributed by atoms with E-state index in [1.807, 2.05) is 18.3 Å². The molecule has 1 fully saturated rings. The van der Waals surface area contributed by atoms with Crippen molar-refractivity contribution in [3.63, 3.8) is 0 Å². The molecule has 0 spiro atoms. The molecular formula is C13H10N2O2. The average Bonchev–Trinajstić information content (AvgIpc) is 2.94. The third-order valence-electron chi connectivity index (χ3n) is 3.17. The number of nitrogens with one attached hydrogen (secondary N) is 1. The van der Waals surface area contributed by atoms with Crippen LogP contribution in [0.3, 0.4) is 0 Å². The number of H-pyrrole nitrogens is 1. The van der Waals surface area contributed by atoms with Crippen molar-refractivity contribution >= 4 is 16.9 Å². The molecule has 1 aromatic heterocycles. The summed E-state index contributed by atoms with van der Waals surface area (Å²) in [5.74, 6) is -0.433. The highest BCUT2D eigenvalue weighted by atomic mass is 16.5. The summed E-state index contributed by atoms with van der Waals surface area (Å²) in [6.45, 7) is 0.463. The monoisotopic (exact) mass is 226 g/mol. The zero-order chi connectivity index (χ0) is 11.8. The number of rotatable bonds is 1. The lowest BCUT2D eigenvalue weighted by molar-refractivity contribution is -0.139. The number of nitriles is 1. The number of aromatic amines is 1. The fraction of sp³-hybridized carbons (Fsp3) is 0.231. The van der Waals surface area contributed by atoms with Crippen molar-refractivity contribution in [2.75, 3.05) is 6.61 Å². The van der Waals surface area contributed by atoms with Crippen molar-refractivity contribution < 1.29 is 9.53 Å². The first kappa shape index (κ1) is 9.91. The first-order chi connectivity index (χ1) is 8.31.